The molecule has 0 radical (unpaired) electrons. The summed E-state index contributed by atoms with van der Waals surface area (Å²) in [5.41, 5.74) is 8.87. The number of nitrogens with zero attached hydrogens (tertiary/aromatic N) is 2. The molecule has 0 bridgehead atoms. The van der Waals surface area contributed by atoms with Crippen molar-refractivity contribution < 1.29 is 4.74 Å². The minimum atomic E-state index is -0.331. The summed E-state index contributed by atoms with van der Waals surface area (Å²) in [4.78, 5) is 6.69. The van der Waals surface area contributed by atoms with Crippen LogP contribution in [0.4, 0.5) is 0 Å². The Bertz CT molecular complexity index is 773. The van der Waals surface area contributed by atoms with E-state index in [0.29, 0.717) is 5.96 Å². The summed E-state index contributed by atoms with van der Waals surface area (Å²) in [5, 5.41) is 0.720. The molecule has 1 heterocycles. The molecule has 1 aliphatic heterocycles. The fourth-order valence-corrected chi connectivity index (χ4v) is 3.18. The van der Waals surface area contributed by atoms with Gasteiger partial charge in [-0.2, -0.15) is 0 Å². The van der Waals surface area contributed by atoms with Crippen molar-refractivity contribution in [1.82, 2.24) is 4.90 Å². The molecule has 3 rings (SSSR count). The maximum atomic E-state index is 6.44. The average Bonchev–Trinajstić information content (AvgIpc) is 2.59. The SMILES string of the molecule is COc1ccc(-c2cc(C3(C)CCN(C)C(N)=N3)ccc2Cl)cc1. The lowest BCUT2D eigenvalue weighted by Gasteiger charge is -2.35. The summed E-state index contributed by atoms with van der Waals surface area (Å²) in [7, 11) is 3.62. The van der Waals surface area contributed by atoms with Crippen molar-refractivity contribution in [2.75, 3.05) is 20.7 Å². The molecule has 0 saturated carbocycles. The van der Waals surface area contributed by atoms with E-state index in [2.05, 4.69) is 13.0 Å². The Morgan fingerprint density at radius 1 is 1.21 bits per heavy atom. The predicted octanol–water partition coefficient (Wildman–Crippen LogP) is 3.88. The van der Waals surface area contributed by atoms with Gasteiger partial charge in [0.25, 0.3) is 0 Å². The second-order valence-electron chi connectivity index (χ2n) is 6.34. The number of hydrogen-bond donors (Lipinski definition) is 1. The highest BCUT2D eigenvalue weighted by Crippen LogP contribution is 2.37. The molecule has 0 aromatic heterocycles. The first kappa shape index (κ1) is 16.7. The molecule has 0 spiro atoms. The van der Waals surface area contributed by atoms with Gasteiger partial charge in [0.15, 0.2) is 5.96 Å². The van der Waals surface area contributed by atoms with E-state index in [9.17, 15) is 0 Å². The molecule has 2 aromatic carbocycles. The summed E-state index contributed by atoms with van der Waals surface area (Å²) in [6.07, 6.45) is 0.911. The summed E-state index contributed by atoms with van der Waals surface area (Å²) in [6, 6.07) is 14.0. The Balaban J connectivity index is 2.03. The highest BCUT2D eigenvalue weighted by atomic mass is 35.5. The van der Waals surface area contributed by atoms with Crippen LogP contribution in [-0.2, 0) is 5.54 Å². The Morgan fingerprint density at radius 3 is 2.54 bits per heavy atom. The number of benzene rings is 2. The van der Waals surface area contributed by atoms with Crippen LogP contribution in [0.2, 0.25) is 5.02 Å². The van der Waals surface area contributed by atoms with Crippen LogP contribution in [0.25, 0.3) is 11.1 Å². The summed E-state index contributed by atoms with van der Waals surface area (Å²) >= 11 is 6.44. The molecule has 2 N–H and O–H groups in total. The van der Waals surface area contributed by atoms with E-state index < -0.39 is 0 Å². The number of rotatable bonds is 3. The van der Waals surface area contributed by atoms with Crippen LogP contribution in [0.3, 0.4) is 0 Å². The second-order valence-corrected chi connectivity index (χ2v) is 6.75. The fourth-order valence-electron chi connectivity index (χ4n) is 2.96. The molecule has 2 aromatic rings. The van der Waals surface area contributed by atoms with Gasteiger partial charge in [0, 0.05) is 24.2 Å². The molecule has 1 atom stereocenters. The van der Waals surface area contributed by atoms with Crippen molar-refractivity contribution >= 4 is 17.6 Å². The quantitative estimate of drug-likeness (QED) is 0.920. The Labute approximate surface area is 147 Å². The van der Waals surface area contributed by atoms with Gasteiger partial charge in [0.05, 0.1) is 12.6 Å². The minimum absolute atomic E-state index is 0.331. The van der Waals surface area contributed by atoms with Crippen LogP contribution >= 0.6 is 11.6 Å². The lowest BCUT2D eigenvalue weighted by molar-refractivity contribution is 0.339. The number of guanidine groups is 1. The number of methoxy groups -OCH3 is 1. The molecule has 0 amide bonds. The lowest BCUT2D eigenvalue weighted by atomic mass is 9.86. The minimum Gasteiger partial charge on any atom is -0.497 e. The van der Waals surface area contributed by atoms with Gasteiger partial charge in [0.2, 0.25) is 0 Å². The molecule has 4 nitrogen and oxygen atoms in total. The van der Waals surface area contributed by atoms with E-state index in [1.807, 2.05) is 48.3 Å². The Morgan fingerprint density at radius 2 is 1.92 bits per heavy atom. The third-order valence-electron chi connectivity index (χ3n) is 4.68. The van der Waals surface area contributed by atoms with Gasteiger partial charge in [-0.15, -0.1) is 0 Å². The standard InChI is InChI=1S/C19H22ClN3O/c1-19(10-11-23(2)18(21)22-19)14-6-9-17(20)16(12-14)13-4-7-15(24-3)8-5-13/h4-9,12H,10-11H2,1-3H3,(H2,21,22). The van der Waals surface area contributed by atoms with E-state index in [4.69, 9.17) is 27.1 Å². The third-order valence-corrected chi connectivity index (χ3v) is 5.01. The van der Waals surface area contributed by atoms with Gasteiger partial charge in [-0.25, -0.2) is 4.99 Å². The van der Waals surface area contributed by atoms with Crippen LogP contribution in [0.5, 0.6) is 5.75 Å². The van der Waals surface area contributed by atoms with Crippen molar-refractivity contribution in [3.63, 3.8) is 0 Å². The van der Waals surface area contributed by atoms with E-state index in [1.54, 1.807) is 7.11 Å². The molecule has 0 aliphatic carbocycles. The topological polar surface area (TPSA) is 50.9 Å². The number of aliphatic imine (C=N–C) groups is 1. The summed E-state index contributed by atoms with van der Waals surface area (Å²) < 4.78 is 5.22. The zero-order chi connectivity index (χ0) is 17.3. The zero-order valence-corrected chi connectivity index (χ0v) is 15.0. The van der Waals surface area contributed by atoms with Crippen molar-refractivity contribution in [2.24, 2.45) is 10.7 Å². The van der Waals surface area contributed by atoms with Crippen molar-refractivity contribution in [2.45, 2.75) is 18.9 Å². The smallest absolute Gasteiger partial charge is 0.191 e. The molecule has 126 valence electrons. The maximum absolute atomic E-state index is 6.44. The first-order chi connectivity index (χ1) is 11.4. The number of ether oxygens (including phenoxy) is 1. The van der Waals surface area contributed by atoms with Gasteiger partial charge < -0.3 is 15.4 Å². The van der Waals surface area contributed by atoms with E-state index in [-0.39, 0.29) is 5.54 Å². The first-order valence-electron chi connectivity index (χ1n) is 7.94. The Hall–Kier alpha value is -2.20. The lowest BCUT2D eigenvalue weighted by Crippen LogP contribution is -2.43. The summed E-state index contributed by atoms with van der Waals surface area (Å²) in [6.45, 7) is 3.00. The van der Waals surface area contributed by atoms with Crippen LogP contribution in [-0.4, -0.2) is 31.6 Å². The first-order valence-corrected chi connectivity index (χ1v) is 8.32. The van der Waals surface area contributed by atoms with E-state index >= 15 is 0 Å². The fraction of sp³-hybridized carbons (Fsp3) is 0.316. The van der Waals surface area contributed by atoms with Crippen LogP contribution in [0, 0.1) is 0 Å². The van der Waals surface area contributed by atoms with Gasteiger partial charge in [-0.3, -0.25) is 0 Å². The summed E-state index contributed by atoms with van der Waals surface area (Å²) in [5.74, 6) is 1.40. The third kappa shape index (κ3) is 3.06. The molecule has 5 heteroatoms. The van der Waals surface area contributed by atoms with Crippen molar-refractivity contribution in [1.29, 1.82) is 0 Å². The Kier molecular flexibility index (Phi) is 4.41. The average molecular weight is 344 g/mol. The van der Waals surface area contributed by atoms with E-state index in [0.717, 1.165) is 40.4 Å². The van der Waals surface area contributed by atoms with E-state index in [1.165, 1.54) is 0 Å². The van der Waals surface area contributed by atoms with Gasteiger partial charge >= 0.3 is 0 Å². The van der Waals surface area contributed by atoms with Gasteiger partial charge in [0.1, 0.15) is 5.75 Å². The van der Waals surface area contributed by atoms with Crippen molar-refractivity contribution in [3.8, 4) is 16.9 Å². The second kappa shape index (κ2) is 6.36. The molecule has 24 heavy (non-hydrogen) atoms. The van der Waals surface area contributed by atoms with Crippen LogP contribution in [0.1, 0.15) is 18.9 Å². The monoisotopic (exact) mass is 343 g/mol. The normalized spacial score (nSPS) is 20.7. The molecular weight excluding hydrogens is 322 g/mol. The zero-order valence-electron chi connectivity index (χ0n) is 14.2. The largest absolute Gasteiger partial charge is 0.497 e. The maximum Gasteiger partial charge on any atom is 0.191 e. The highest BCUT2D eigenvalue weighted by Gasteiger charge is 2.31. The van der Waals surface area contributed by atoms with Crippen LogP contribution < -0.4 is 10.5 Å². The highest BCUT2D eigenvalue weighted by molar-refractivity contribution is 6.33. The predicted molar refractivity (Wildman–Crippen MR) is 99.7 cm³/mol. The molecular formula is C19H22ClN3O. The van der Waals surface area contributed by atoms with Crippen LogP contribution in [0.15, 0.2) is 47.5 Å². The molecule has 0 saturated heterocycles. The molecule has 1 aliphatic rings. The van der Waals surface area contributed by atoms with Crippen molar-refractivity contribution in [3.05, 3.63) is 53.1 Å². The van der Waals surface area contributed by atoms with Gasteiger partial charge in [-0.05, 0) is 48.7 Å². The molecule has 0 fully saturated rings. The number of nitrogens with two attached hydrogens (primary N) is 1. The molecule has 1 unspecified atom stereocenters. The number of halogens is 1. The number of hydrogen-bond acceptors (Lipinski definition) is 4. The van der Waals surface area contributed by atoms with Gasteiger partial charge in [-0.1, -0.05) is 29.8 Å².